The molecule has 4 heteroatoms. The average Bonchev–Trinajstić information content (AvgIpc) is 3.05. The smallest absolute Gasteiger partial charge is 0.225 e. The Hall–Kier alpha value is -1.84. The van der Waals surface area contributed by atoms with E-state index in [4.69, 9.17) is 0 Å². The first kappa shape index (κ1) is 16.6. The van der Waals surface area contributed by atoms with Crippen LogP contribution in [0.15, 0.2) is 24.5 Å². The minimum Gasteiger partial charge on any atom is -0.342 e. The van der Waals surface area contributed by atoms with Crippen LogP contribution in [-0.4, -0.2) is 33.4 Å². The zero-order valence-corrected chi connectivity index (χ0v) is 15.4. The molecule has 2 atom stereocenters. The highest BCUT2D eigenvalue weighted by molar-refractivity contribution is 5.79. The number of benzene rings is 1. The van der Waals surface area contributed by atoms with Crippen LogP contribution in [-0.2, 0) is 4.79 Å². The SMILES string of the molecule is Cc1ccc2ncn(C3CCN(C(=O)[C@H]4CCCC[C@H]4C)CC3)c2c1. The Kier molecular flexibility index (Phi) is 4.53. The van der Waals surface area contributed by atoms with Crippen LogP contribution in [0.2, 0.25) is 0 Å². The average molecular weight is 339 g/mol. The molecule has 4 rings (SSSR count). The maximum absolute atomic E-state index is 12.9. The molecule has 1 aliphatic carbocycles. The van der Waals surface area contributed by atoms with Crippen LogP contribution in [0.1, 0.15) is 57.1 Å². The number of likely N-dealkylation sites (tertiary alicyclic amines) is 1. The molecule has 1 aromatic heterocycles. The van der Waals surface area contributed by atoms with Crippen LogP contribution >= 0.6 is 0 Å². The van der Waals surface area contributed by atoms with Crippen molar-refractivity contribution >= 4 is 16.9 Å². The molecular weight excluding hydrogens is 310 g/mol. The van der Waals surface area contributed by atoms with Gasteiger partial charge in [-0.15, -0.1) is 0 Å². The summed E-state index contributed by atoms with van der Waals surface area (Å²) < 4.78 is 2.33. The molecule has 2 aliphatic rings. The molecule has 1 aromatic carbocycles. The van der Waals surface area contributed by atoms with E-state index in [1.165, 1.54) is 30.3 Å². The zero-order valence-electron chi connectivity index (χ0n) is 15.4. The minimum atomic E-state index is 0.266. The number of fused-ring (bicyclic) bond motifs is 1. The van der Waals surface area contributed by atoms with E-state index in [1.54, 1.807) is 0 Å². The molecule has 0 N–H and O–H groups in total. The molecule has 134 valence electrons. The molecule has 2 heterocycles. The van der Waals surface area contributed by atoms with E-state index in [2.05, 4.69) is 46.5 Å². The molecule has 0 unspecified atom stereocenters. The van der Waals surface area contributed by atoms with Gasteiger partial charge < -0.3 is 9.47 Å². The van der Waals surface area contributed by atoms with Crippen LogP contribution in [0.5, 0.6) is 0 Å². The first-order valence-corrected chi connectivity index (χ1v) is 9.85. The van der Waals surface area contributed by atoms with Gasteiger partial charge in [-0.3, -0.25) is 4.79 Å². The third kappa shape index (κ3) is 3.19. The van der Waals surface area contributed by atoms with Gasteiger partial charge in [-0.1, -0.05) is 25.8 Å². The van der Waals surface area contributed by atoms with Crippen LogP contribution in [0, 0.1) is 18.8 Å². The molecule has 0 radical (unpaired) electrons. The van der Waals surface area contributed by atoms with Crippen molar-refractivity contribution in [2.45, 2.75) is 58.4 Å². The highest BCUT2D eigenvalue weighted by Gasteiger charge is 2.33. The van der Waals surface area contributed by atoms with E-state index in [-0.39, 0.29) is 5.92 Å². The predicted octanol–water partition coefficient (Wildman–Crippen LogP) is 4.33. The molecule has 2 aromatic rings. The van der Waals surface area contributed by atoms with Gasteiger partial charge in [-0.2, -0.15) is 0 Å². The van der Waals surface area contributed by atoms with Crippen LogP contribution in [0.25, 0.3) is 11.0 Å². The Morgan fingerprint density at radius 3 is 2.64 bits per heavy atom. The molecule has 1 amide bonds. The Morgan fingerprint density at radius 1 is 1.12 bits per heavy atom. The first-order chi connectivity index (χ1) is 12.1. The minimum absolute atomic E-state index is 0.266. The molecule has 1 aliphatic heterocycles. The molecule has 25 heavy (non-hydrogen) atoms. The van der Waals surface area contributed by atoms with E-state index < -0.39 is 0 Å². The number of aryl methyl sites for hydroxylation is 1. The fourth-order valence-corrected chi connectivity index (χ4v) is 4.71. The van der Waals surface area contributed by atoms with Crippen molar-refractivity contribution in [1.82, 2.24) is 14.5 Å². The summed E-state index contributed by atoms with van der Waals surface area (Å²) in [5, 5.41) is 0. The van der Waals surface area contributed by atoms with Gasteiger partial charge in [-0.25, -0.2) is 4.98 Å². The van der Waals surface area contributed by atoms with Gasteiger partial charge >= 0.3 is 0 Å². The van der Waals surface area contributed by atoms with E-state index in [1.807, 2.05) is 6.33 Å². The van der Waals surface area contributed by atoms with Crippen molar-refractivity contribution in [2.24, 2.45) is 11.8 Å². The van der Waals surface area contributed by atoms with Crippen LogP contribution in [0.4, 0.5) is 0 Å². The summed E-state index contributed by atoms with van der Waals surface area (Å²) in [6, 6.07) is 6.90. The maximum atomic E-state index is 12.9. The Labute approximate surface area is 150 Å². The lowest BCUT2D eigenvalue weighted by molar-refractivity contribution is -0.139. The molecular formula is C21H29N3O. The summed E-state index contributed by atoms with van der Waals surface area (Å²) in [4.78, 5) is 19.6. The van der Waals surface area contributed by atoms with E-state index in [9.17, 15) is 4.79 Å². The highest BCUT2D eigenvalue weighted by Crippen LogP contribution is 2.33. The summed E-state index contributed by atoms with van der Waals surface area (Å²) in [6.45, 7) is 6.16. The van der Waals surface area contributed by atoms with Gasteiger partial charge in [0.1, 0.15) is 0 Å². The van der Waals surface area contributed by atoms with Crippen LogP contribution < -0.4 is 0 Å². The second kappa shape index (κ2) is 6.81. The number of hydrogen-bond acceptors (Lipinski definition) is 2. The fraction of sp³-hybridized carbons (Fsp3) is 0.619. The number of carbonyl (C=O) groups is 1. The van der Waals surface area contributed by atoms with Crippen molar-refractivity contribution < 1.29 is 4.79 Å². The Morgan fingerprint density at radius 2 is 1.88 bits per heavy atom. The topological polar surface area (TPSA) is 38.1 Å². The number of nitrogens with zero attached hydrogens (tertiary/aromatic N) is 3. The third-order valence-electron chi connectivity index (χ3n) is 6.33. The van der Waals surface area contributed by atoms with Crippen LogP contribution in [0.3, 0.4) is 0 Å². The van der Waals surface area contributed by atoms with Gasteiger partial charge in [0.15, 0.2) is 0 Å². The molecule has 2 fully saturated rings. The second-order valence-electron chi connectivity index (χ2n) is 8.07. The summed E-state index contributed by atoms with van der Waals surface area (Å²) >= 11 is 0. The number of hydrogen-bond donors (Lipinski definition) is 0. The Balaban J connectivity index is 1.44. The van der Waals surface area contributed by atoms with Crippen molar-refractivity contribution in [2.75, 3.05) is 13.1 Å². The van der Waals surface area contributed by atoms with Gasteiger partial charge in [-0.05, 0) is 56.2 Å². The number of imidazole rings is 1. The third-order valence-corrected chi connectivity index (χ3v) is 6.33. The lowest BCUT2D eigenvalue weighted by atomic mass is 9.79. The maximum Gasteiger partial charge on any atom is 0.225 e. The monoisotopic (exact) mass is 339 g/mol. The molecule has 1 saturated carbocycles. The summed E-state index contributed by atoms with van der Waals surface area (Å²) in [5.74, 6) is 1.23. The molecule has 0 bridgehead atoms. The van der Waals surface area contributed by atoms with Crippen molar-refractivity contribution in [3.05, 3.63) is 30.1 Å². The summed E-state index contributed by atoms with van der Waals surface area (Å²) in [6.07, 6.45) is 8.87. The highest BCUT2D eigenvalue weighted by atomic mass is 16.2. The zero-order chi connectivity index (χ0) is 17.4. The summed E-state index contributed by atoms with van der Waals surface area (Å²) in [5.41, 5.74) is 3.57. The van der Waals surface area contributed by atoms with E-state index in [0.717, 1.165) is 37.9 Å². The molecule has 0 spiro atoms. The van der Waals surface area contributed by atoms with Crippen molar-refractivity contribution in [1.29, 1.82) is 0 Å². The largest absolute Gasteiger partial charge is 0.342 e. The quantitative estimate of drug-likeness (QED) is 0.816. The second-order valence-corrected chi connectivity index (χ2v) is 8.07. The Bertz CT molecular complexity index is 758. The predicted molar refractivity (Wildman–Crippen MR) is 100 cm³/mol. The lowest BCUT2D eigenvalue weighted by Crippen LogP contribution is -2.44. The normalized spacial score (nSPS) is 25.4. The first-order valence-electron chi connectivity index (χ1n) is 9.85. The van der Waals surface area contributed by atoms with Gasteiger partial charge in [0.05, 0.1) is 17.4 Å². The van der Waals surface area contributed by atoms with Gasteiger partial charge in [0, 0.05) is 25.0 Å². The number of carbonyl (C=O) groups excluding carboxylic acids is 1. The van der Waals surface area contributed by atoms with E-state index in [0.29, 0.717) is 17.9 Å². The standard InChI is InChI=1S/C21H29N3O/c1-15-7-8-19-20(13-15)24(14-22-19)17-9-11-23(12-10-17)21(25)18-6-4-3-5-16(18)2/h7-8,13-14,16-18H,3-6,9-12H2,1-2H3/t16-,18+/m1/s1. The van der Waals surface area contributed by atoms with E-state index >= 15 is 0 Å². The summed E-state index contributed by atoms with van der Waals surface area (Å²) in [7, 11) is 0. The number of piperidine rings is 1. The molecule has 4 nitrogen and oxygen atoms in total. The lowest BCUT2D eigenvalue weighted by Gasteiger charge is -2.37. The van der Waals surface area contributed by atoms with Crippen molar-refractivity contribution in [3.63, 3.8) is 0 Å². The number of aromatic nitrogens is 2. The fourth-order valence-electron chi connectivity index (χ4n) is 4.71. The van der Waals surface area contributed by atoms with Gasteiger partial charge in [0.2, 0.25) is 5.91 Å². The van der Waals surface area contributed by atoms with Gasteiger partial charge in [0.25, 0.3) is 0 Å². The number of amides is 1. The number of rotatable bonds is 2. The molecule has 1 saturated heterocycles. The van der Waals surface area contributed by atoms with Crippen molar-refractivity contribution in [3.8, 4) is 0 Å².